The number of hydrogen-bond acceptors (Lipinski definition) is 3. The van der Waals surface area contributed by atoms with E-state index in [1.54, 1.807) is 13.8 Å². The van der Waals surface area contributed by atoms with Gasteiger partial charge in [-0.25, -0.2) is 4.79 Å². The minimum atomic E-state index is -1.30. The van der Waals surface area contributed by atoms with Crippen LogP contribution < -0.4 is 0 Å². The van der Waals surface area contributed by atoms with E-state index in [1.165, 1.54) is 38.5 Å². The zero-order valence-electron chi connectivity index (χ0n) is 11.7. The van der Waals surface area contributed by atoms with Gasteiger partial charge in [0.1, 0.15) is 0 Å². The van der Waals surface area contributed by atoms with E-state index in [0.29, 0.717) is 12.0 Å². The summed E-state index contributed by atoms with van der Waals surface area (Å²) < 4.78 is 4.99. The van der Waals surface area contributed by atoms with Gasteiger partial charge in [0, 0.05) is 0 Å². The second-order valence-electron chi connectivity index (χ2n) is 6.35. The third-order valence-electron chi connectivity index (χ3n) is 5.19. The number of hydrogen-bond donors (Lipinski definition) is 1. The molecular formula is C15H26O3. The van der Waals surface area contributed by atoms with Crippen LogP contribution in [0.25, 0.3) is 0 Å². The number of esters is 1. The van der Waals surface area contributed by atoms with Crippen molar-refractivity contribution >= 4 is 5.97 Å². The van der Waals surface area contributed by atoms with Gasteiger partial charge in [-0.3, -0.25) is 0 Å². The van der Waals surface area contributed by atoms with Crippen LogP contribution in [0.2, 0.25) is 0 Å². The van der Waals surface area contributed by atoms with E-state index in [0.717, 1.165) is 12.8 Å². The Labute approximate surface area is 110 Å². The monoisotopic (exact) mass is 254 g/mol. The molecule has 2 rings (SSSR count). The second kappa shape index (κ2) is 5.20. The fraction of sp³-hybridized carbons (Fsp3) is 0.933. The lowest BCUT2D eigenvalue weighted by atomic mass is 9.66. The largest absolute Gasteiger partial charge is 0.464 e. The van der Waals surface area contributed by atoms with Crippen molar-refractivity contribution < 1.29 is 14.6 Å². The first-order chi connectivity index (χ1) is 8.50. The van der Waals surface area contributed by atoms with Crippen molar-refractivity contribution in [3.05, 3.63) is 0 Å². The Balaban J connectivity index is 1.94. The van der Waals surface area contributed by atoms with E-state index >= 15 is 0 Å². The lowest BCUT2D eigenvalue weighted by molar-refractivity contribution is -0.171. The summed E-state index contributed by atoms with van der Waals surface area (Å²) in [4.78, 5) is 11.8. The van der Waals surface area contributed by atoms with Gasteiger partial charge >= 0.3 is 5.97 Å². The lowest BCUT2D eigenvalue weighted by Gasteiger charge is -2.41. The summed E-state index contributed by atoms with van der Waals surface area (Å²) >= 11 is 0. The molecule has 0 bridgehead atoms. The van der Waals surface area contributed by atoms with Gasteiger partial charge in [-0.2, -0.15) is 0 Å². The summed E-state index contributed by atoms with van der Waals surface area (Å²) in [5, 5.41) is 10.4. The molecule has 2 saturated carbocycles. The van der Waals surface area contributed by atoms with Gasteiger partial charge in [0.25, 0.3) is 0 Å². The zero-order valence-corrected chi connectivity index (χ0v) is 11.7. The normalized spacial score (nSPS) is 27.1. The third kappa shape index (κ3) is 2.56. The number of aliphatic hydroxyl groups is 1. The fourth-order valence-electron chi connectivity index (χ4n) is 3.86. The number of carbonyl (C=O) groups excluding carboxylic acids is 1. The number of ether oxygens (including phenoxy) is 1. The predicted molar refractivity (Wildman–Crippen MR) is 70.1 cm³/mol. The molecule has 1 spiro atoms. The van der Waals surface area contributed by atoms with Crippen LogP contribution >= 0.6 is 0 Å². The first-order valence-electron chi connectivity index (χ1n) is 7.40. The van der Waals surface area contributed by atoms with E-state index in [1.807, 2.05) is 0 Å². The van der Waals surface area contributed by atoms with Crippen LogP contribution in [0, 0.1) is 11.3 Å². The zero-order chi connectivity index (χ0) is 13.2. The highest BCUT2D eigenvalue weighted by Gasteiger charge is 2.46. The molecule has 0 aromatic rings. The summed E-state index contributed by atoms with van der Waals surface area (Å²) in [5.41, 5.74) is -0.753. The van der Waals surface area contributed by atoms with Crippen LogP contribution in [0.3, 0.4) is 0 Å². The Morgan fingerprint density at radius 2 is 1.83 bits per heavy atom. The summed E-state index contributed by atoms with van der Waals surface area (Å²) in [7, 11) is 0. The van der Waals surface area contributed by atoms with E-state index in [-0.39, 0.29) is 5.92 Å². The summed E-state index contributed by atoms with van der Waals surface area (Å²) in [5.74, 6) is -0.375. The van der Waals surface area contributed by atoms with Gasteiger partial charge in [0.2, 0.25) is 0 Å². The molecule has 2 aliphatic rings. The van der Waals surface area contributed by atoms with Crippen molar-refractivity contribution in [2.45, 2.75) is 70.8 Å². The SMILES string of the molecule is CCOC(=O)C(C)(O)C1CCC2(CCCC2)CC1. The van der Waals surface area contributed by atoms with Crippen LogP contribution in [0.4, 0.5) is 0 Å². The highest BCUT2D eigenvalue weighted by Crippen LogP contribution is 2.51. The molecule has 1 N–H and O–H groups in total. The van der Waals surface area contributed by atoms with Crippen molar-refractivity contribution in [3.8, 4) is 0 Å². The van der Waals surface area contributed by atoms with Gasteiger partial charge < -0.3 is 9.84 Å². The minimum absolute atomic E-state index is 0.0720. The highest BCUT2D eigenvalue weighted by molar-refractivity contribution is 5.79. The first kappa shape index (κ1) is 13.9. The van der Waals surface area contributed by atoms with Gasteiger partial charge in [-0.1, -0.05) is 12.8 Å². The number of rotatable bonds is 3. The predicted octanol–water partition coefficient (Wildman–Crippen LogP) is 3.05. The third-order valence-corrected chi connectivity index (χ3v) is 5.19. The van der Waals surface area contributed by atoms with Crippen molar-refractivity contribution in [1.29, 1.82) is 0 Å². The molecule has 0 saturated heterocycles. The van der Waals surface area contributed by atoms with Crippen molar-refractivity contribution in [3.63, 3.8) is 0 Å². The van der Waals surface area contributed by atoms with Crippen molar-refractivity contribution in [2.75, 3.05) is 6.61 Å². The van der Waals surface area contributed by atoms with Crippen LogP contribution in [-0.4, -0.2) is 23.3 Å². The fourth-order valence-corrected chi connectivity index (χ4v) is 3.86. The Morgan fingerprint density at radius 3 is 2.33 bits per heavy atom. The second-order valence-corrected chi connectivity index (χ2v) is 6.35. The molecule has 104 valence electrons. The van der Waals surface area contributed by atoms with E-state index in [2.05, 4.69) is 0 Å². The highest BCUT2D eigenvalue weighted by atomic mass is 16.5. The average molecular weight is 254 g/mol. The van der Waals surface area contributed by atoms with Crippen molar-refractivity contribution in [1.82, 2.24) is 0 Å². The van der Waals surface area contributed by atoms with E-state index in [9.17, 15) is 9.90 Å². The molecule has 18 heavy (non-hydrogen) atoms. The smallest absolute Gasteiger partial charge is 0.338 e. The lowest BCUT2D eigenvalue weighted by Crippen LogP contribution is -2.46. The molecule has 0 aromatic heterocycles. The Hall–Kier alpha value is -0.570. The Bertz CT molecular complexity index is 293. The van der Waals surface area contributed by atoms with Gasteiger partial charge in [-0.05, 0) is 63.7 Å². The molecule has 3 nitrogen and oxygen atoms in total. The quantitative estimate of drug-likeness (QED) is 0.787. The molecule has 2 aliphatic carbocycles. The van der Waals surface area contributed by atoms with Gasteiger partial charge in [-0.15, -0.1) is 0 Å². The van der Waals surface area contributed by atoms with Crippen LogP contribution in [0.1, 0.15) is 65.2 Å². The van der Waals surface area contributed by atoms with Crippen molar-refractivity contribution in [2.24, 2.45) is 11.3 Å². The molecule has 0 amide bonds. The maximum absolute atomic E-state index is 11.8. The molecular weight excluding hydrogens is 228 g/mol. The topological polar surface area (TPSA) is 46.5 Å². The summed E-state index contributed by atoms with van der Waals surface area (Å²) in [6, 6.07) is 0. The molecule has 0 heterocycles. The number of carbonyl (C=O) groups is 1. The van der Waals surface area contributed by atoms with Gasteiger partial charge in [0.15, 0.2) is 5.60 Å². The van der Waals surface area contributed by atoms with Gasteiger partial charge in [0.05, 0.1) is 6.61 Å². The maximum Gasteiger partial charge on any atom is 0.338 e. The van der Waals surface area contributed by atoms with Crippen LogP contribution in [0.15, 0.2) is 0 Å². The molecule has 1 unspecified atom stereocenters. The van der Waals surface area contributed by atoms with E-state index in [4.69, 9.17) is 4.74 Å². The Morgan fingerprint density at radius 1 is 1.28 bits per heavy atom. The van der Waals surface area contributed by atoms with E-state index < -0.39 is 11.6 Å². The Kier molecular flexibility index (Phi) is 4.00. The molecule has 2 fully saturated rings. The average Bonchev–Trinajstić information content (AvgIpc) is 2.78. The standard InChI is InChI=1S/C15H26O3/c1-3-18-13(16)14(2,17)12-6-10-15(11-7-12)8-4-5-9-15/h12,17H,3-11H2,1-2H3. The molecule has 0 radical (unpaired) electrons. The first-order valence-corrected chi connectivity index (χ1v) is 7.40. The molecule has 0 aromatic carbocycles. The summed E-state index contributed by atoms with van der Waals surface area (Å²) in [6.07, 6.45) is 9.69. The molecule has 0 aliphatic heterocycles. The van der Waals surface area contributed by atoms with Crippen LogP contribution in [0.5, 0.6) is 0 Å². The summed E-state index contributed by atoms with van der Waals surface area (Å²) in [6.45, 7) is 3.75. The maximum atomic E-state index is 11.8. The molecule has 1 atom stereocenters. The minimum Gasteiger partial charge on any atom is -0.464 e. The molecule has 3 heteroatoms. The van der Waals surface area contributed by atoms with Crippen LogP contribution in [-0.2, 0) is 9.53 Å².